The molecule has 0 spiro atoms. The minimum atomic E-state index is -0.617. The number of imide groups is 1. The number of urea groups is 1. The fourth-order valence-corrected chi connectivity index (χ4v) is 1.55. The highest BCUT2D eigenvalue weighted by Gasteiger charge is 2.28. The zero-order valence-electron chi connectivity index (χ0n) is 8.74. The van der Waals surface area contributed by atoms with E-state index in [1.807, 2.05) is 0 Å². The van der Waals surface area contributed by atoms with Crippen LogP contribution in [0.3, 0.4) is 0 Å². The summed E-state index contributed by atoms with van der Waals surface area (Å²) in [7, 11) is 0. The number of amides is 3. The summed E-state index contributed by atoms with van der Waals surface area (Å²) in [6, 6.07) is 5.14. The maximum absolute atomic E-state index is 13.1. The molecule has 0 aliphatic carbocycles. The van der Waals surface area contributed by atoms with Gasteiger partial charge in [-0.05, 0) is 17.7 Å². The summed E-state index contributed by atoms with van der Waals surface area (Å²) >= 11 is 0. The van der Waals surface area contributed by atoms with Crippen molar-refractivity contribution in [2.75, 3.05) is 6.54 Å². The van der Waals surface area contributed by atoms with Gasteiger partial charge in [-0.2, -0.15) is 5.26 Å². The molecule has 0 atom stereocenters. The Morgan fingerprint density at radius 3 is 2.82 bits per heavy atom. The van der Waals surface area contributed by atoms with Crippen LogP contribution in [0.2, 0.25) is 0 Å². The van der Waals surface area contributed by atoms with Crippen molar-refractivity contribution >= 4 is 11.9 Å². The summed E-state index contributed by atoms with van der Waals surface area (Å²) in [6.45, 7) is 0.0186. The van der Waals surface area contributed by atoms with Gasteiger partial charge in [-0.15, -0.1) is 0 Å². The van der Waals surface area contributed by atoms with Crippen molar-refractivity contribution in [3.05, 3.63) is 35.1 Å². The maximum Gasteiger partial charge on any atom is 0.324 e. The second-order valence-electron chi connectivity index (χ2n) is 3.56. The average Bonchev–Trinajstić information content (AvgIpc) is 2.63. The highest BCUT2D eigenvalue weighted by Crippen LogP contribution is 2.13. The van der Waals surface area contributed by atoms with Crippen molar-refractivity contribution in [2.45, 2.75) is 6.54 Å². The van der Waals surface area contributed by atoms with Gasteiger partial charge < -0.3 is 5.32 Å². The Bertz CT molecular complexity index is 520. The number of rotatable bonds is 2. The van der Waals surface area contributed by atoms with Crippen molar-refractivity contribution in [1.29, 1.82) is 5.26 Å². The summed E-state index contributed by atoms with van der Waals surface area (Å²) in [5, 5.41) is 11.0. The van der Waals surface area contributed by atoms with Gasteiger partial charge in [-0.3, -0.25) is 9.69 Å². The van der Waals surface area contributed by atoms with E-state index in [9.17, 15) is 14.0 Å². The van der Waals surface area contributed by atoms with Gasteiger partial charge in [0.1, 0.15) is 11.9 Å². The number of carbonyl (C=O) groups is 2. The maximum atomic E-state index is 13.1. The third kappa shape index (κ3) is 2.08. The third-order valence-corrected chi connectivity index (χ3v) is 2.43. The van der Waals surface area contributed by atoms with Crippen LogP contribution in [0.1, 0.15) is 11.1 Å². The van der Waals surface area contributed by atoms with Crippen LogP contribution in [0, 0.1) is 17.1 Å². The molecule has 0 saturated carbocycles. The van der Waals surface area contributed by atoms with E-state index in [4.69, 9.17) is 5.26 Å². The van der Waals surface area contributed by atoms with E-state index in [0.717, 1.165) is 11.0 Å². The quantitative estimate of drug-likeness (QED) is 0.766. The number of nitrogens with one attached hydrogen (secondary N) is 1. The van der Waals surface area contributed by atoms with E-state index in [2.05, 4.69) is 5.32 Å². The molecule has 0 bridgehead atoms. The minimum Gasteiger partial charge on any atom is -0.329 e. The van der Waals surface area contributed by atoms with E-state index in [0.29, 0.717) is 5.56 Å². The molecule has 1 aromatic carbocycles. The number of nitrogens with zero attached hydrogens (tertiary/aromatic N) is 2. The van der Waals surface area contributed by atoms with Crippen LogP contribution in [0.5, 0.6) is 0 Å². The van der Waals surface area contributed by atoms with Crippen LogP contribution in [-0.2, 0) is 11.3 Å². The molecule has 1 fully saturated rings. The van der Waals surface area contributed by atoms with Crippen LogP contribution in [0.25, 0.3) is 0 Å². The normalized spacial score (nSPS) is 14.7. The first-order valence-corrected chi connectivity index (χ1v) is 4.88. The Hall–Kier alpha value is -2.42. The van der Waals surface area contributed by atoms with E-state index >= 15 is 0 Å². The monoisotopic (exact) mass is 233 g/mol. The van der Waals surface area contributed by atoms with Crippen molar-refractivity contribution in [2.24, 2.45) is 0 Å². The predicted molar refractivity (Wildman–Crippen MR) is 55.1 cm³/mol. The molecule has 5 nitrogen and oxygen atoms in total. The number of nitriles is 1. The number of carbonyl (C=O) groups excluding carboxylic acids is 2. The zero-order valence-corrected chi connectivity index (χ0v) is 8.74. The molecule has 1 N–H and O–H groups in total. The second-order valence-corrected chi connectivity index (χ2v) is 3.56. The van der Waals surface area contributed by atoms with Gasteiger partial charge in [0.05, 0.1) is 18.7 Å². The van der Waals surface area contributed by atoms with Gasteiger partial charge in [0, 0.05) is 0 Å². The number of halogens is 1. The van der Waals surface area contributed by atoms with Crippen LogP contribution >= 0.6 is 0 Å². The Morgan fingerprint density at radius 1 is 1.47 bits per heavy atom. The van der Waals surface area contributed by atoms with Crippen LogP contribution in [0.15, 0.2) is 18.2 Å². The van der Waals surface area contributed by atoms with E-state index < -0.39 is 11.8 Å². The highest BCUT2D eigenvalue weighted by molar-refractivity contribution is 6.01. The van der Waals surface area contributed by atoms with Gasteiger partial charge in [-0.25, -0.2) is 9.18 Å². The molecule has 1 aromatic rings. The third-order valence-electron chi connectivity index (χ3n) is 2.43. The Kier molecular flexibility index (Phi) is 2.75. The summed E-state index contributed by atoms with van der Waals surface area (Å²) < 4.78 is 13.1. The minimum absolute atomic E-state index is 0.0227. The van der Waals surface area contributed by atoms with Crippen molar-refractivity contribution in [1.82, 2.24) is 10.2 Å². The molecular formula is C11H8FN3O2. The Balaban J connectivity index is 2.22. The van der Waals surface area contributed by atoms with Gasteiger partial charge in [-0.1, -0.05) is 6.07 Å². The smallest absolute Gasteiger partial charge is 0.324 e. The number of hydrogen-bond donors (Lipinski definition) is 1. The molecule has 6 heteroatoms. The Labute approximate surface area is 96.4 Å². The first kappa shape index (κ1) is 11.1. The molecule has 3 amide bonds. The molecule has 2 rings (SSSR count). The molecule has 1 saturated heterocycles. The molecule has 0 aromatic heterocycles. The molecule has 0 unspecified atom stereocenters. The van der Waals surface area contributed by atoms with Crippen LogP contribution in [0.4, 0.5) is 9.18 Å². The highest BCUT2D eigenvalue weighted by atomic mass is 19.1. The van der Waals surface area contributed by atoms with Gasteiger partial charge in [0.2, 0.25) is 5.91 Å². The van der Waals surface area contributed by atoms with Gasteiger partial charge in [0.15, 0.2) is 0 Å². The summed E-state index contributed by atoms with van der Waals surface area (Å²) in [5.41, 5.74) is 0.433. The molecular weight excluding hydrogens is 225 g/mol. The fraction of sp³-hybridized carbons (Fsp3) is 0.182. The van der Waals surface area contributed by atoms with Gasteiger partial charge >= 0.3 is 6.03 Å². The van der Waals surface area contributed by atoms with Gasteiger partial charge in [0.25, 0.3) is 0 Å². The van der Waals surface area contributed by atoms with Crippen molar-refractivity contribution in [3.63, 3.8) is 0 Å². The predicted octanol–water partition coefficient (Wildman–Crippen LogP) is 0.749. The SMILES string of the molecule is N#Cc1cc(CN2C(=O)CNC2=O)ccc1F. The van der Waals surface area contributed by atoms with E-state index in [-0.39, 0.29) is 24.6 Å². The fourth-order valence-electron chi connectivity index (χ4n) is 1.55. The molecule has 1 aliphatic rings. The van der Waals surface area contributed by atoms with E-state index in [1.54, 1.807) is 6.07 Å². The molecule has 17 heavy (non-hydrogen) atoms. The lowest BCUT2D eigenvalue weighted by Gasteiger charge is -2.12. The molecule has 1 aliphatic heterocycles. The summed E-state index contributed by atoms with van der Waals surface area (Å²) in [4.78, 5) is 23.6. The summed E-state index contributed by atoms with van der Waals surface area (Å²) in [5.74, 6) is -0.953. The molecule has 0 radical (unpaired) electrons. The first-order chi connectivity index (χ1) is 8.11. The lowest BCUT2D eigenvalue weighted by molar-refractivity contribution is -0.125. The van der Waals surface area contributed by atoms with Crippen molar-refractivity contribution in [3.8, 4) is 6.07 Å². The summed E-state index contributed by atoms with van der Waals surface area (Å²) in [6.07, 6.45) is 0. The molecule has 86 valence electrons. The largest absolute Gasteiger partial charge is 0.329 e. The van der Waals surface area contributed by atoms with E-state index in [1.165, 1.54) is 12.1 Å². The lowest BCUT2D eigenvalue weighted by Crippen LogP contribution is -2.30. The zero-order chi connectivity index (χ0) is 12.4. The Morgan fingerprint density at radius 2 is 2.24 bits per heavy atom. The number of hydrogen-bond acceptors (Lipinski definition) is 3. The lowest BCUT2D eigenvalue weighted by atomic mass is 10.1. The second kappa shape index (κ2) is 4.22. The first-order valence-electron chi connectivity index (χ1n) is 4.88. The average molecular weight is 233 g/mol. The number of benzene rings is 1. The topological polar surface area (TPSA) is 73.2 Å². The molecule has 1 heterocycles. The van der Waals surface area contributed by atoms with Crippen LogP contribution < -0.4 is 5.32 Å². The van der Waals surface area contributed by atoms with Crippen molar-refractivity contribution < 1.29 is 14.0 Å². The van der Waals surface area contributed by atoms with Crippen LogP contribution in [-0.4, -0.2) is 23.4 Å². The standard InChI is InChI=1S/C11H8FN3O2/c12-9-2-1-7(3-8(9)4-13)6-15-10(16)5-14-11(15)17/h1-3H,5-6H2,(H,14,17).